The molecule has 6 rings (SSSR count). The Bertz CT molecular complexity index is 1830. The molecule has 0 fully saturated rings. The van der Waals surface area contributed by atoms with E-state index in [2.05, 4.69) is 148 Å². The molecule has 0 N–H and O–H groups in total. The Kier molecular flexibility index (Phi) is 13.5. The van der Waals surface area contributed by atoms with E-state index in [-0.39, 0.29) is 5.04 Å². The molecule has 0 aliphatic carbocycles. The number of hydrogen-bond acceptors (Lipinski definition) is 6. The lowest BCUT2D eigenvalue weighted by Gasteiger charge is -2.43. The van der Waals surface area contributed by atoms with Gasteiger partial charge >= 0.3 is 0 Å². The molecule has 0 radical (unpaired) electrons. The summed E-state index contributed by atoms with van der Waals surface area (Å²) >= 11 is 1.64. The first-order valence-electron chi connectivity index (χ1n) is 19.2. The van der Waals surface area contributed by atoms with Crippen LogP contribution in [0.25, 0.3) is 12.2 Å². The van der Waals surface area contributed by atoms with Crippen LogP contribution in [0.15, 0.2) is 115 Å². The summed E-state index contributed by atoms with van der Waals surface area (Å²) in [6.07, 6.45) is 9.84. The van der Waals surface area contributed by atoms with Gasteiger partial charge < -0.3 is 23.5 Å². The second-order valence-electron chi connectivity index (χ2n) is 14.7. The van der Waals surface area contributed by atoms with Crippen molar-refractivity contribution in [1.82, 2.24) is 0 Å². The highest BCUT2D eigenvalue weighted by molar-refractivity contribution is 7.11. The Morgan fingerprint density at radius 2 is 1.40 bits per heavy atom. The summed E-state index contributed by atoms with van der Waals surface area (Å²) < 4.78 is 25.5. The fourth-order valence-corrected chi connectivity index (χ4v) is 12.6. The Labute approximate surface area is 322 Å². The first-order chi connectivity index (χ1) is 25.9. The van der Waals surface area contributed by atoms with Crippen molar-refractivity contribution in [3.8, 4) is 17.2 Å². The number of unbranched alkanes of at least 4 members (excludes halogenated alkanes) is 3. The third kappa shape index (κ3) is 9.63. The lowest BCUT2D eigenvalue weighted by Crippen LogP contribution is -2.66. The molecule has 4 aromatic carbocycles. The number of anilines is 1. The number of nitrogens with zero attached hydrogens (tertiary/aromatic N) is 1. The molecule has 0 amide bonds. The van der Waals surface area contributed by atoms with Crippen LogP contribution in [0.5, 0.6) is 17.2 Å². The Morgan fingerprint density at radius 1 is 0.755 bits per heavy atom. The number of fused-ring (bicyclic) bond motifs is 1. The summed E-state index contributed by atoms with van der Waals surface area (Å²) in [5.74, 6) is 2.54. The highest BCUT2D eigenvalue weighted by Gasteiger charge is 2.49. The minimum Gasteiger partial charge on any atom is -0.488 e. The molecular formula is C46H55NO4SSi. The first-order valence-corrected chi connectivity index (χ1v) is 22.0. The molecule has 53 heavy (non-hydrogen) atoms. The number of benzene rings is 4. The van der Waals surface area contributed by atoms with E-state index < -0.39 is 8.32 Å². The lowest BCUT2D eigenvalue weighted by molar-refractivity contribution is 0.173. The van der Waals surface area contributed by atoms with Gasteiger partial charge in [0.15, 0.2) is 11.5 Å². The van der Waals surface area contributed by atoms with Crippen molar-refractivity contribution in [3.05, 3.63) is 131 Å². The fourth-order valence-electron chi connectivity index (χ4n) is 7.20. The van der Waals surface area contributed by atoms with E-state index >= 15 is 0 Å². The molecule has 1 aromatic heterocycles. The number of rotatable bonds is 18. The third-order valence-corrected chi connectivity index (χ3v) is 15.9. The molecule has 278 valence electrons. The molecule has 1 aliphatic heterocycles. The van der Waals surface area contributed by atoms with E-state index in [1.807, 2.05) is 11.4 Å². The van der Waals surface area contributed by atoms with Gasteiger partial charge in [-0.2, -0.15) is 0 Å². The van der Waals surface area contributed by atoms with Gasteiger partial charge in [0, 0.05) is 42.4 Å². The number of ether oxygens (including phenoxy) is 3. The van der Waals surface area contributed by atoms with Crippen LogP contribution >= 0.6 is 11.3 Å². The van der Waals surface area contributed by atoms with Crippen molar-refractivity contribution in [2.45, 2.75) is 71.4 Å². The van der Waals surface area contributed by atoms with E-state index in [4.69, 9.17) is 18.6 Å². The summed E-state index contributed by atoms with van der Waals surface area (Å²) in [6, 6.07) is 39.0. The van der Waals surface area contributed by atoms with E-state index in [1.165, 1.54) is 28.9 Å². The average molecular weight is 746 g/mol. The average Bonchev–Trinajstić information content (AvgIpc) is 3.61. The third-order valence-electron chi connectivity index (χ3n) is 9.93. The van der Waals surface area contributed by atoms with Gasteiger partial charge in [-0.3, -0.25) is 0 Å². The molecule has 7 heteroatoms. The maximum absolute atomic E-state index is 7.23. The lowest BCUT2D eigenvalue weighted by atomic mass is 10.1. The molecule has 0 atom stereocenters. The molecule has 5 aromatic rings. The van der Waals surface area contributed by atoms with Crippen molar-refractivity contribution in [2.75, 3.05) is 37.8 Å². The van der Waals surface area contributed by atoms with Gasteiger partial charge in [0.25, 0.3) is 8.32 Å². The predicted octanol–water partition coefficient (Wildman–Crippen LogP) is 10.6. The normalized spacial score (nSPS) is 13.0. The molecule has 0 saturated carbocycles. The summed E-state index contributed by atoms with van der Waals surface area (Å²) in [5.41, 5.74) is 3.38. The molecule has 2 heterocycles. The van der Waals surface area contributed by atoms with Gasteiger partial charge in [-0.1, -0.05) is 132 Å². The summed E-state index contributed by atoms with van der Waals surface area (Å²) in [4.78, 5) is 3.60. The molecule has 0 bridgehead atoms. The van der Waals surface area contributed by atoms with Crippen molar-refractivity contribution in [3.63, 3.8) is 0 Å². The predicted molar refractivity (Wildman–Crippen MR) is 226 cm³/mol. The fraction of sp³-hybridized carbons (Fsp3) is 0.348. The van der Waals surface area contributed by atoms with Crippen molar-refractivity contribution >= 4 is 47.9 Å². The number of thiophene rings is 1. The van der Waals surface area contributed by atoms with Crippen LogP contribution in [-0.4, -0.2) is 41.2 Å². The summed E-state index contributed by atoms with van der Waals surface area (Å²) in [5, 5.41) is 4.66. The van der Waals surface area contributed by atoms with Crippen LogP contribution in [-0.2, 0) is 11.0 Å². The summed E-state index contributed by atoms with van der Waals surface area (Å²) in [6.45, 7) is 13.7. The van der Waals surface area contributed by atoms with Crippen LogP contribution in [0, 0.1) is 0 Å². The largest absolute Gasteiger partial charge is 0.488 e. The van der Waals surface area contributed by atoms with E-state index in [1.54, 1.807) is 11.3 Å². The number of hydrogen-bond donors (Lipinski definition) is 0. The molecule has 5 nitrogen and oxygen atoms in total. The van der Waals surface area contributed by atoms with Crippen molar-refractivity contribution in [1.29, 1.82) is 0 Å². The van der Waals surface area contributed by atoms with Gasteiger partial charge in [-0.05, 0) is 64.5 Å². The van der Waals surface area contributed by atoms with Crippen LogP contribution in [0.1, 0.15) is 75.8 Å². The monoisotopic (exact) mass is 745 g/mol. The van der Waals surface area contributed by atoms with Gasteiger partial charge in [-0.15, -0.1) is 11.3 Å². The standard InChI is InChI=1S/C46H55NO4SSi/c1-5-6-16-29-47(30-17-18-31-51-53(46(2,3)4,40-21-12-8-13-22-40)41-23-14-9-15-24-41)39-27-25-38(42(34-39)50-35-37-19-10-7-11-20-37)26-28-44-45-43(36-52-44)48-32-33-49-45/h7-15,19-28,34,36H,5-6,16-18,29-33,35H2,1-4H3. The Hall–Kier alpha value is -4.30. The Balaban J connectivity index is 1.20. The van der Waals surface area contributed by atoms with Crippen LogP contribution < -0.4 is 29.5 Å². The Morgan fingerprint density at radius 3 is 2.06 bits per heavy atom. The summed E-state index contributed by atoms with van der Waals surface area (Å²) in [7, 11) is -2.55. The van der Waals surface area contributed by atoms with E-state index in [0.717, 1.165) is 72.2 Å². The highest BCUT2D eigenvalue weighted by atomic mass is 32.1. The minimum absolute atomic E-state index is 0.0299. The quantitative estimate of drug-likeness (QED) is 0.0660. The maximum Gasteiger partial charge on any atom is 0.261 e. The van der Waals surface area contributed by atoms with Crippen molar-refractivity contribution < 1.29 is 18.6 Å². The second-order valence-corrected chi connectivity index (χ2v) is 19.9. The van der Waals surface area contributed by atoms with Gasteiger partial charge in [0.2, 0.25) is 0 Å². The van der Waals surface area contributed by atoms with E-state index in [9.17, 15) is 0 Å². The molecule has 1 aliphatic rings. The molecule has 0 spiro atoms. The first kappa shape index (κ1) is 38.4. The zero-order valence-corrected chi connectivity index (χ0v) is 33.7. The smallest absolute Gasteiger partial charge is 0.261 e. The van der Waals surface area contributed by atoms with Crippen LogP contribution in [0.3, 0.4) is 0 Å². The van der Waals surface area contributed by atoms with Gasteiger partial charge in [-0.25, -0.2) is 0 Å². The molecule has 0 unspecified atom stereocenters. The zero-order chi connectivity index (χ0) is 36.9. The minimum atomic E-state index is -2.55. The maximum atomic E-state index is 7.23. The van der Waals surface area contributed by atoms with Crippen LogP contribution in [0.4, 0.5) is 5.69 Å². The van der Waals surface area contributed by atoms with Gasteiger partial charge in [0.1, 0.15) is 25.6 Å². The highest BCUT2D eigenvalue weighted by Crippen LogP contribution is 2.41. The second kappa shape index (κ2) is 18.6. The van der Waals surface area contributed by atoms with E-state index in [0.29, 0.717) is 19.8 Å². The SMILES string of the molecule is CCCCCN(CCCCO[Si](c1ccccc1)(c1ccccc1)C(C)(C)C)c1ccc(C=Cc2scc3c2OCCO3)c(OCc2ccccc2)c1. The van der Waals surface area contributed by atoms with Crippen LogP contribution in [0.2, 0.25) is 5.04 Å². The van der Waals surface area contributed by atoms with Crippen molar-refractivity contribution in [2.24, 2.45) is 0 Å². The zero-order valence-electron chi connectivity index (χ0n) is 31.9. The molecular weight excluding hydrogens is 691 g/mol. The molecule has 0 saturated heterocycles. The van der Waals surface area contributed by atoms with Gasteiger partial charge in [0.05, 0.1) is 4.88 Å². The topological polar surface area (TPSA) is 40.2 Å².